The molecule has 0 radical (unpaired) electrons. The molecule has 0 spiro atoms. The largest absolute Gasteiger partial charge is 0.494 e. The van der Waals surface area contributed by atoms with Crippen LogP contribution in [0.2, 0.25) is 15.1 Å². The number of methoxy groups -OCH3 is 1. The molecule has 0 atom stereocenters. The number of hydrogen-bond donors (Lipinski definition) is 2. The van der Waals surface area contributed by atoms with Crippen molar-refractivity contribution >= 4 is 52.0 Å². The number of ether oxygens (including phenoxy) is 1. The summed E-state index contributed by atoms with van der Waals surface area (Å²) in [4.78, 5) is 12.7. The maximum atomic E-state index is 12.7. The topological polar surface area (TPSA) is 97.8 Å². The Bertz CT molecular complexity index is 1080. The Kier molecular flexibility index (Phi) is 5.46. The molecule has 140 valence electrons. The second-order valence-corrected chi connectivity index (χ2v) is 6.86. The number of H-pyrrole nitrogens is 1. The van der Waals surface area contributed by atoms with Gasteiger partial charge < -0.3 is 10.5 Å². The van der Waals surface area contributed by atoms with Crippen LogP contribution in [0.3, 0.4) is 0 Å². The molecule has 1 heterocycles. The number of nitrogens with two attached hydrogens (primary N) is 1. The Labute approximate surface area is 169 Å². The highest BCUT2D eigenvalue weighted by molar-refractivity contribution is 6.40. The fourth-order valence-electron chi connectivity index (χ4n) is 2.43. The zero-order valence-corrected chi connectivity index (χ0v) is 16.5. The highest BCUT2D eigenvalue weighted by Gasteiger charge is 2.18. The number of hydrogen-bond acceptors (Lipinski definition) is 5. The number of nitrogens with zero attached hydrogens (tertiary/aromatic N) is 3. The van der Waals surface area contributed by atoms with Crippen molar-refractivity contribution in [1.29, 1.82) is 0 Å². The van der Waals surface area contributed by atoms with Gasteiger partial charge in [0.2, 0.25) is 0 Å². The maximum absolute atomic E-state index is 12.7. The molecule has 1 aromatic heterocycles. The van der Waals surface area contributed by atoms with Crippen LogP contribution in [-0.2, 0) is 0 Å². The fourth-order valence-corrected chi connectivity index (χ4v) is 3.42. The minimum atomic E-state index is -0.561. The molecule has 0 saturated carbocycles. The lowest BCUT2D eigenvalue weighted by molar-refractivity contribution is 0.415. The monoisotopic (exact) mass is 425 g/mol. The number of rotatable bonds is 4. The minimum Gasteiger partial charge on any atom is -0.494 e. The molecule has 2 aromatic carbocycles. The Balaban J connectivity index is 2.08. The molecule has 27 heavy (non-hydrogen) atoms. The van der Waals surface area contributed by atoms with Crippen molar-refractivity contribution in [2.75, 3.05) is 12.8 Å². The van der Waals surface area contributed by atoms with E-state index in [1.165, 1.54) is 19.2 Å². The molecule has 0 amide bonds. The summed E-state index contributed by atoms with van der Waals surface area (Å²) >= 11 is 18.3. The number of anilines is 1. The number of nitrogen functional groups attached to an aromatic ring is 1. The molecule has 10 heteroatoms. The Morgan fingerprint density at radius 2 is 1.78 bits per heavy atom. The first-order chi connectivity index (χ1) is 12.8. The fraction of sp³-hybridized carbons (Fsp3) is 0.118. The van der Waals surface area contributed by atoms with Gasteiger partial charge in [-0.3, -0.25) is 9.89 Å². The van der Waals surface area contributed by atoms with Crippen molar-refractivity contribution < 1.29 is 4.74 Å². The number of benzene rings is 2. The van der Waals surface area contributed by atoms with E-state index in [2.05, 4.69) is 15.3 Å². The standard InChI is InChI=1S/C17H14Cl3N5O2/c1-8-3-4-13(27-2)12(5-8)22-23-14-16(21)24-25(17(14)26)15-10(19)6-9(18)7-11(15)20/h3-7,24H,21H2,1-2H3. The Hall–Kier alpha value is -2.48. The van der Waals surface area contributed by atoms with Crippen LogP contribution in [-0.4, -0.2) is 16.9 Å². The Morgan fingerprint density at radius 1 is 1.11 bits per heavy atom. The van der Waals surface area contributed by atoms with Crippen LogP contribution >= 0.6 is 34.8 Å². The van der Waals surface area contributed by atoms with Crippen molar-refractivity contribution in [2.45, 2.75) is 6.92 Å². The lowest BCUT2D eigenvalue weighted by atomic mass is 10.2. The number of aryl methyl sites for hydroxylation is 1. The Morgan fingerprint density at radius 3 is 2.41 bits per heavy atom. The van der Waals surface area contributed by atoms with E-state index < -0.39 is 5.56 Å². The van der Waals surface area contributed by atoms with Crippen LogP contribution < -0.4 is 16.0 Å². The summed E-state index contributed by atoms with van der Waals surface area (Å²) in [5, 5.41) is 11.5. The van der Waals surface area contributed by atoms with E-state index >= 15 is 0 Å². The molecule has 0 bridgehead atoms. The molecule has 3 aromatic rings. The van der Waals surface area contributed by atoms with Gasteiger partial charge in [-0.15, -0.1) is 10.2 Å². The van der Waals surface area contributed by atoms with E-state index in [0.29, 0.717) is 16.5 Å². The van der Waals surface area contributed by atoms with Gasteiger partial charge in [0.15, 0.2) is 5.69 Å². The predicted molar refractivity (Wildman–Crippen MR) is 108 cm³/mol. The van der Waals surface area contributed by atoms with Crippen LogP contribution in [0.1, 0.15) is 5.56 Å². The summed E-state index contributed by atoms with van der Waals surface area (Å²) in [5.41, 5.74) is 6.90. The first kappa shape index (κ1) is 19.3. The zero-order valence-electron chi connectivity index (χ0n) is 14.3. The van der Waals surface area contributed by atoms with E-state index in [-0.39, 0.29) is 27.2 Å². The smallest absolute Gasteiger partial charge is 0.301 e. The van der Waals surface area contributed by atoms with Gasteiger partial charge in [-0.25, -0.2) is 4.68 Å². The van der Waals surface area contributed by atoms with Crippen molar-refractivity contribution in [1.82, 2.24) is 9.78 Å². The van der Waals surface area contributed by atoms with E-state index in [1.807, 2.05) is 13.0 Å². The van der Waals surface area contributed by atoms with Gasteiger partial charge in [-0.2, -0.15) is 0 Å². The lowest BCUT2D eigenvalue weighted by Crippen LogP contribution is -2.15. The summed E-state index contributed by atoms with van der Waals surface area (Å²) in [6.07, 6.45) is 0. The molecule has 3 rings (SSSR count). The molecule has 7 nitrogen and oxygen atoms in total. The van der Waals surface area contributed by atoms with Crippen LogP contribution in [0.25, 0.3) is 5.69 Å². The summed E-state index contributed by atoms with van der Waals surface area (Å²) in [6, 6.07) is 8.34. The molecule has 0 aliphatic rings. The van der Waals surface area contributed by atoms with Crippen LogP contribution in [0.4, 0.5) is 17.2 Å². The molecule has 0 unspecified atom stereocenters. The van der Waals surface area contributed by atoms with Gasteiger partial charge in [0.25, 0.3) is 0 Å². The highest BCUT2D eigenvalue weighted by atomic mass is 35.5. The SMILES string of the molecule is COc1ccc(C)cc1N=Nc1c(N)[nH]n(-c2c(Cl)cc(Cl)cc2Cl)c1=O. The van der Waals surface area contributed by atoms with E-state index in [9.17, 15) is 4.79 Å². The molecule has 3 N–H and O–H groups in total. The molecule has 0 aliphatic heterocycles. The van der Waals surface area contributed by atoms with Gasteiger partial charge in [-0.1, -0.05) is 40.9 Å². The number of aromatic nitrogens is 2. The van der Waals surface area contributed by atoms with E-state index in [4.69, 9.17) is 45.3 Å². The quantitative estimate of drug-likeness (QED) is 0.543. The third-order valence-electron chi connectivity index (χ3n) is 3.69. The van der Waals surface area contributed by atoms with Gasteiger partial charge in [0.05, 0.1) is 17.2 Å². The van der Waals surface area contributed by atoms with Crippen molar-refractivity contribution in [3.63, 3.8) is 0 Å². The molecule has 0 aliphatic carbocycles. The third kappa shape index (κ3) is 3.80. The zero-order chi connectivity index (χ0) is 19.7. The summed E-state index contributed by atoms with van der Waals surface area (Å²) < 4.78 is 6.34. The number of halogens is 3. The highest BCUT2D eigenvalue weighted by Crippen LogP contribution is 2.33. The van der Waals surface area contributed by atoms with Crippen molar-refractivity contribution in [3.8, 4) is 11.4 Å². The number of azo groups is 1. The molecular weight excluding hydrogens is 413 g/mol. The van der Waals surface area contributed by atoms with Gasteiger partial charge in [0, 0.05) is 5.02 Å². The van der Waals surface area contributed by atoms with Crippen LogP contribution in [0, 0.1) is 6.92 Å². The number of nitrogens with one attached hydrogen (secondary N) is 1. The van der Waals surface area contributed by atoms with Crippen LogP contribution in [0.15, 0.2) is 45.4 Å². The first-order valence-electron chi connectivity index (χ1n) is 7.63. The number of aromatic amines is 1. The predicted octanol–water partition coefficient (Wildman–Crippen LogP) is 5.44. The summed E-state index contributed by atoms with van der Waals surface area (Å²) in [5.74, 6) is 0.528. The first-order valence-corrected chi connectivity index (χ1v) is 8.77. The second kappa shape index (κ2) is 7.64. The van der Waals surface area contributed by atoms with E-state index in [0.717, 1.165) is 10.2 Å². The average molecular weight is 427 g/mol. The van der Waals surface area contributed by atoms with Crippen LogP contribution in [0.5, 0.6) is 5.75 Å². The maximum Gasteiger partial charge on any atom is 0.301 e. The van der Waals surface area contributed by atoms with Gasteiger partial charge in [-0.05, 0) is 36.8 Å². The van der Waals surface area contributed by atoms with Crippen molar-refractivity contribution in [3.05, 3.63) is 61.3 Å². The van der Waals surface area contributed by atoms with E-state index in [1.54, 1.807) is 12.1 Å². The summed E-state index contributed by atoms with van der Waals surface area (Å²) in [6.45, 7) is 1.90. The van der Waals surface area contributed by atoms with Crippen molar-refractivity contribution in [2.24, 2.45) is 10.2 Å². The molecular formula is C17H14Cl3N5O2. The average Bonchev–Trinajstić information content (AvgIpc) is 2.86. The summed E-state index contributed by atoms with van der Waals surface area (Å²) in [7, 11) is 1.52. The lowest BCUT2D eigenvalue weighted by Gasteiger charge is -2.07. The minimum absolute atomic E-state index is 0.0115. The molecule has 0 fully saturated rings. The van der Waals surface area contributed by atoms with Gasteiger partial charge >= 0.3 is 5.56 Å². The molecule has 0 saturated heterocycles. The normalized spacial score (nSPS) is 11.3. The van der Waals surface area contributed by atoms with Gasteiger partial charge in [0.1, 0.15) is 22.9 Å². The second-order valence-electron chi connectivity index (χ2n) is 5.61. The third-order valence-corrected chi connectivity index (χ3v) is 4.48.